The van der Waals surface area contributed by atoms with Gasteiger partial charge in [-0.1, -0.05) is 59.8 Å². The number of rotatable bonds is 10. The van der Waals surface area contributed by atoms with Crippen LogP contribution >= 0.6 is 11.8 Å². The highest BCUT2D eigenvalue weighted by molar-refractivity contribution is 7.99. The first-order valence-corrected chi connectivity index (χ1v) is 12.4. The standard InChI is InChI=1S/C27H27N5O3S/c1-4-35-23-15-12-20(16-24(23)34-3)17-28-29-25(33)18-36-27-31-30-26(21-8-6-5-7-9-21)32(27)22-13-10-19(2)11-14-22/h5-17H,4,18H2,1-3H3,(H,29,33). The monoisotopic (exact) mass is 501 g/mol. The highest BCUT2D eigenvalue weighted by atomic mass is 32.2. The van der Waals surface area contributed by atoms with Crippen molar-refractivity contribution in [2.75, 3.05) is 19.5 Å². The minimum absolute atomic E-state index is 0.128. The van der Waals surface area contributed by atoms with Crippen LogP contribution in [0.4, 0.5) is 0 Å². The molecule has 0 saturated carbocycles. The summed E-state index contributed by atoms with van der Waals surface area (Å²) in [5.41, 5.74) is 6.36. The van der Waals surface area contributed by atoms with Crippen molar-refractivity contribution in [2.24, 2.45) is 5.10 Å². The summed E-state index contributed by atoms with van der Waals surface area (Å²) in [5, 5.41) is 13.5. The molecule has 0 spiro atoms. The summed E-state index contributed by atoms with van der Waals surface area (Å²) in [7, 11) is 1.58. The molecule has 0 aliphatic rings. The van der Waals surface area contributed by atoms with E-state index < -0.39 is 0 Å². The van der Waals surface area contributed by atoms with E-state index >= 15 is 0 Å². The molecule has 1 N–H and O–H groups in total. The molecular weight excluding hydrogens is 474 g/mol. The van der Waals surface area contributed by atoms with Crippen LogP contribution < -0.4 is 14.9 Å². The van der Waals surface area contributed by atoms with Crippen molar-refractivity contribution in [3.8, 4) is 28.6 Å². The Kier molecular flexibility index (Phi) is 8.36. The van der Waals surface area contributed by atoms with Crippen molar-refractivity contribution in [1.29, 1.82) is 0 Å². The van der Waals surface area contributed by atoms with Crippen LogP contribution in [0.5, 0.6) is 11.5 Å². The molecule has 1 aromatic heterocycles. The van der Waals surface area contributed by atoms with Crippen LogP contribution in [0.2, 0.25) is 0 Å². The molecule has 1 amide bonds. The van der Waals surface area contributed by atoms with Gasteiger partial charge in [0, 0.05) is 11.3 Å². The van der Waals surface area contributed by atoms with Crippen LogP contribution in [0.3, 0.4) is 0 Å². The average Bonchev–Trinajstić information content (AvgIpc) is 3.33. The molecule has 0 bridgehead atoms. The van der Waals surface area contributed by atoms with E-state index in [0.717, 1.165) is 22.4 Å². The zero-order valence-corrected chi connectivity index (χ0v) is 21.2. The van der Waals surface area contributed by atoms with E-state index in [9.17, 15) is 4.79 Å². The summed E-state index contributed by atoms with van der Waals surface area (Å²) in [5.74, 6) is 1.85. The van der Waals surface area contributed by atoms with Crippen molar-refractivity contribution in [3.63, 3.8) is 0 Å². The predicted octanol–water partition coefficient (Wildman–Crippen LogP) is 4.89. The first-order valence-electron chi connectivity index (χ1n) is 11.4. The van der Waals surface area contributed by atoms with Crippen molar-refractivity contribution < 1.29 is 14.3 Å². The maximum Gasteiger partial charge on any atom is 0.250 e. The van der Waals surface area contributed by atoms with Gasteiger partial charge in [-0.05, 0) is 49.7 Å². The van der Waals surface area contributed by atoms with Crippen LogP contribution in [0.15, 0.2) is 83.1 Å². The second-order valence-corrected chi connectivity index (χ2v) is 8.71. The highest BCUT2D eigenvalue weighted by Crippen LogP contribution is 2.29. The number of carbonyl (C=O) groups is 1. The number of hydrogen-bond donors (Lipinski definition) is 1. The molecule has 8 nitrogen and oxygen atoms in total. The molecule has 0 saturated heterocycles. The van der Waals surface area contributed by atoms with Crippen LogP contribution in [0.1, 0.15) is 18.1 Å². The number of nitrogens with one attached hydrogen (secondary N) is 1. The van der Waals surface area contributed by atoms with Gasteiger partial charge in [0.25, 0.3) is 5.91 Å². The molecule has 0 atom stereocenters. The van der Waals surface area contributed by atoms with Gasteiger partial charge in [-0.2, -0.15) is 5.10 Å². The van der Waals surface area contributed by atoms with Gasteiger partial charge in [0.05, 0.1) is 25.7 Å². The number of methoxy groups -OCH3 is 1. The van der Waals surface area contributed by atoms with E-state index in [2.05, 4.69) is 20.7 Å². The van der Waals surface area contributed by atoms with Gasteiger partial charge in [-0.3, -0.25) is 9.36 Å². The third-order valence-electron chi connectivity index (χ3n) is 5.18. The third kappa shape index (κ3) is 6.11. The fourth-order valence-electron chi connectivity index (χ4n) is 3.44. The lowest BCUT2D eigenvalue weighted by Crippen LogP contribution is -2.20. The zero-order valence-electron chi connectivity index (χ0n) is 20.3. The van der Waals surface area contributed by atoms with Crippen LogP contribution in [0, 0.1) is 6.92 Å². The number of thioether (sulfide) groups is 1. The van der Waals surface area contributed by atoms with Crippen molar-refractivity contribution in [3.05, 3.63) is 83.9 Å². The summed E-state index contributed by atoms with van der Waals surface area (Å²) in [6, 6.07) is 23.4. The van der Waals surface area contributed by atoms with Gasteiger partial charge >= 0.3 is 0 Å². The summed E-state index contributed by atoms with van der Waals surface area (Å²) >= 11 is 1.30. The smallest absolute Gasteiger partial charge is 0.250 e. The lowest BCUT2D eigenvalue weighted by Gasteiger charge is -2.10. The summed E-state index contributed by atoms with van der Waals surface area (Å²) in [6.45, 7) is 4.49. The number of hydrogen-bond acceptors (Lipinski definition) is 7. The molecular formula is C27H27N5O3S. The van der Waals surface area contributed by atoms with E-state index in [1.165, 1.54) is 11.8 Å². The Balaban J connectivity index is 1.45. The molecule has 0 aliphatic heterocycles. The highest BCUT2D eigenvalue weighted by Gasteiger charge is 2.17. The average molecular weight is 502 g/mol. The van der Waals surface area contributed by atoms with Gasteiger partial charge in [0.15, 0.2) is 22.5 Å². The molecule has 1 heterocycles. The number of aryl methyl sites for hydroxylation is 1. The van der Waals surface area contributed by atoms with Gasteiger partial charge in [0.1, 0.15) is 0 Å². The molecule has 184 valence electrons. The molecule has 4 aromatic rings. The van der Waals surface area contributed by atoms with E-state index in [-0.39, 0.29) is 11.7 Å². The first kappa shape index (κ1) is 25.0. The van der Waals surface area contributed by atoms with Crippen molar-refractivity contribution >= 4 is 23.9 Å². The molecule has 0 unspecified atom stereocenters. The lowest BCUT2D eigenvalue weighted by molar-refractivity contribution is -0.118. The molecule has 4 rings (SSSR count). The first-order chi connectivity index (χ1) is 17.6. The van der Waals surface area contributed by atoms with Gasteiger partial charge in [0.2, 0.25) is 0 Å². The zero-order chi connectivity index (χ0) is 25.3. The normalized spacial score (nSPS) is 11.0. The summed E-state index contributed by atoms with van der Waals surface area (Å²) < 4.78 is 12.8. The van der Waals surface area contributed by atoms with Crippen LogP contribution in [-0.4, -0.2) is 46.4 Å². The number of nitrogens with zero attached hydrogens (tertiary/aromatic N) is 4. The second-order valence-electron chi connectivity index (χ2n) is 7.77. The van der Waals surface area contributed by atoms with Crippen molar-refractivity contribution in [1.82, 2.24) is 20.2 Å². The molecule has 0 radical (unpaired) electrons. The number of amides is 1. The number of hydrazone groups is 1. The molecule has 9 heteroatoms. The molecule has 36 heavy (non-hydrogen) atoms. The van der Waals surface area contributed by atoms with E-state index in [4.69, 9.17) is 9.47 Å². The SMILES string of the molecule is CCOc1ccc(C=NNC(=O)CSc2nnc(-c3ccccc3)n2-c2ccc(C)cc2)cc1OC. The maximum absolute atomic E-state index is 12.5. The van der Waals surface area contributed by atoms with E-state index in [0.29, 0.717) is 29.1 Å². The fourth-order valence-corrected chi connectivity index (χ4v) is 4.19. The Labute approximate surface area is 214 Å². The predicted molar refractivity (Wildman–Crippen MR) is 142 cm³/mol. The quantitative estimate of drug-likeness (QED) is 0.189. The molecule has 0 fully saturated rings. The number of ether oxygens (including phenoxy) is 2. The fraction of sp³-hybridized carbons (Fsp3) is 0.185. The number of aromatic nitrogens is 3. The minimum atomic E-state index is -0.256. The van der Waals surface area contributed by atoms with Crippen LogP contribution in [0.25, 0.3) is 17.1 Å². The Morgan fingerprint density at radius 3 is 2.56 bits per heavy atom. The van der Waals surface area contributed by atoms with Gasteiger partial charge in [-0.15, -0.1) is 10.2 Å². The maximum atomic E-state index is 12.5. The van der Waals surface area contributed by atoms with Crippen LogP contribution in [-0.2, 0) is 4.79 Å². The number of carbonyl (C=O) groups excluding carboxylic acids is 1. The third-order valence-corrected chi connectivity index (χ3v) is 6.11. The Morgan fingerprint density at radius 2 is 1.83 bits per heavy atom. The Hall–Kier alpha value is -4.11. The summed E-state index contributed by atoms with van der Waals surface area (Å²) in [6.07, 6.45) is 1.56. The molecule has 0 aliphatic carbocycles. The second kappa shape index (κ2) is 12.0. The summed E-state index contributed by atoms with van der Waals surface area (Å²) in [4.78, 5) is 12.5. The van der Waals surface area contributed by atoms with E-state index in [1.54, 1.807) is 19.4 Å². The van der Waals surface area contributed by atoms with Gasteiger partial charge in [-0.25, -0.2) is 5.43 Å². The van der Waals surface area contributed by atoms with Gasteiger partial charge < -0.3 is 9.47 Å². The van der Waals surface area contributed by atoms with Crippen molar-refractivity contribution in [2.45, 2.75) is 19.0 Å². The van der Waals surface area contributed by atoms with E-state index in [1.807, 2.05) is 85.1 Å². The molecule has 3 aromatic carbocycles. The number of benzene rings is 3. The minimum Gasteiger partial charge on any atom is -0.493 e. The largest absolute Gasteiger partial charge is 0.493 e. The Morgan fingerprint density at radius 1 is 1.06 bits per heavy atom. The lowest BCUT2D eigenvalue weighted by atomic mass is 10.2. The Bertz CT molecular complexity index is 1340. The topological polar surface area (TPSA) is 90.6 Å².